The Morgan fingerprint density at radius 1 is 1.24 bits per heavy atom. The van der Waals surface area contributed by atoms with Crippen molar-refractivity contribution in [1.29, 1.82) is 0 Å². The van der Waals surface area contributed by atoms with Gasteiger partial charge in [-0.3, -0.25) is 0 Å². The van der Waals surface area contributed by atoms with E-state index in [-0.39, 0.29) is 0 Å². The first-order valence-electron chi connectivity index (χ1n) is 6.06. The van der Waals surface area contributed by atoms with Gasteiger partial charge in [0.05, 0.1) is 11.4 Å². The molecule has 2 aliphatic heterocycles. The number of halogens is 1. The van der Waals surface area contributed by atoms with Crippen molar-refractivity contribution in [3.05, 3.63) is 22.7 Å². The van der Waals surface area contributed by atoms with E-state index >= 15 is 0 Å². The maximum atomic E-state index is 6.05. The number of nitrogens with zero attached hydrogens (tertiary/aromatic N) is 1. The van der Waals surface area contributed by atoms with Crippen LogP contribution >= 0.6 is 15.9 Å². The van der Waals surface area contributed by atoms with Crippen LogP contribution in [0.4, 0.5) is 11.4 Å². The predicted molar refractivity (Wildman–Crippen MR) is 73.3 cm³/mol. The molecular formula is C13H17BrN2O. The highest BCUT2D eigenvalue weighted by Gasteiger charge is 2.44. The molecule has 0 amide bonds. The first-order chi connectivity index (χ1) is 8.19. The molecule has 92 valence electrons. The molecule has 2 fully saturated rings. The standard InChI is InChI=1S/C13H17BrN2O/c14-10-1-2-12(11(15)7-10)16-8-13(9-16)3-5-17-6-4-13/h1-2,7H,3-6,8-9,15H2. The zero-order valence-corrected chi connectivity index (χ0v) is 11.4. The fourth-order valence-electron chi connectivity index (χ4n) is 2.87. The Labute approximate surface area is 110 Å². The van der Waals surface area contributed by atoms with E-state index in [1.54, 1.807) is 0 Å². The summed E-state index contributed by atoms with van der Waals surface area (Å²) in [4.78, 5) is 2.38. The highest BCUT2D eigenvalue weighted by molar-refractivity contribution is 9.10. The first kappa shape index (κ1) is 11.4. The lowest BCUT2D eigenvalue weighted by Crippen LogP contribution is -2.58. The van der Waals surface area contributed by atoms with Gasteiger partial charge in [0.25, 0.3) is 0 Å². The Morgan fingerprint density at radius 3 is 2.59 bits per heavy atom. The van der Waals surface area contributed by atoms with Gasteiger partial charge in [-0.25, -0.2) is 0 Å². The van der Waals surface area contributed by atoms with Crippen molar-refractivity contribution >= 4 is 27.3 Å². The molecule has 2 aliphatic rings. The van der Waals surface area contributed by atoms with Crippen LogP contribution in [0, 0.1) is 5.41 Å². The fraction of sp³-hybridized carbons (Fsp3) is 0.538. The van der Waals surface area contributed by atoms with Crippen molar-refractivity contribution in [2.24, 2.45) is 5.41 Å². The van der Waals surface area contributed by atoms with E-state index in [0.29, 0.717) is 5.41 Å². The van der Waals surface area contributed by atoms with Crippen LogP contribution in [0.1, 0.15) is 12.8 Å². The average Bonchev–Trinajstić information content (AvgIpc) is 2.27. The van der Waals surface area contributed by atoms with Crippen LogP contribution in [-0.4, -0.2) is 26.3 Å². The maximum absolute atomic E-state index is 6.05. The SMILES string of the molecule is Nc1cc(Br)ccc1N1CC2(CCOCC2)C1. The van der Waals surface area contributed by atoms with Gasteiger partial charge in [0.2, 0.25) is 0 Å². The Hall–Kier alpha value is -0.740. The van der Waals surface area contributed by atoms with Gasteiger partial charge in [0.1, 0.15) is 0 Å². The number of ether oxygens (including phenoxy) is 1. The number of benzene rings is 1. The maximum Gasteiger partial charge on any atom is 0.0601 e. The van der Waals surface area contributed by atoms with Crippen molar-refractivity contribution < 1.29 is 4.74 Å². The number of nitrogens with two attached hydrogens (primary N) is 1. The lowest BCUT2D eigenvalue weighted by Gasteiger charge is -2.53. The molecule has 0 saturated carbocycles. The monoisotopic (exact) mass is 296 g/mol. The largest absolute Gasteiger partial charge is 0.397 e. The molecule has 1 aromatic carbocycles. The summed E-state index contributed by atoms with van der Waals surface area (Å²) in [6.07, 6.45) is 2.39. The van der Waals surface area contributed by atoms with E-state index in [0.717, 1.165) is 36.5 Å². The van der Waals surface area contributed by atoms with Crippen LogP contribution in [0.15, 0.2) is 22.7 Å². The highest BCUT2D eigenvalue weighted by atomic mass is 79.9. The number of nitrogen functional groups attached to an aromatic ring is 1. The smallest absolute Gasteiger partial charge is 0.0601 e. The second-order valence-corrected chi connectivity index (χ2v) is 6.09. The molecule has 2 N–H and O–H groups in total. The van der Waals surface area contributed by atoms with Gasteiger partial charge < -0.3 is 15.4 Å². The summed E-state index contributed by atoms with van der Waals surface area (Å²) >= 11 is 3.44. The van der Waals surface area contributed by atoms with Crippen LogP contribution in [0.2, 0.25) is 0 Å². The van der Waals surface area contributed by atoms with E-state index in [1.807, 2.05) is 6.07 Å². The third-order valence-corrected chi connectivity index (χ3v) is 4.43. The lowest BCUT2D eigenvalue weighted by atomic mass is 9.73. The molecule has 3 nitrogen and oxygen atoms in total. The van der Waals surface area contributed by atoms with Crippen LogP contribution in [0.3, 0.4) is 0 Å². The molecule has 17 heavy (non-hydrogen) atoms. The predicted octanol–water partition coefficient (Wildman–Crippen LogP) is 2.65. The van der Waals surface area contributed by atoms with E-state index in [1.165, 1.54) is 18.5 Å². The number of anilines is 2. The normalized spacial score (nSPS) is 22.5. The zero-order valence-electron chi connectivity index (χ0n) is 9.79. The van der Waals surface area contributed by atoms with Gasteiger partial charge >= 0.3 is 0 Å². The van der Waals surface area contributed by atoms with Gasteiger partial charge in [-0.15, -0.1) is 0 Å². The zero-order chi connectivity index (χ0) is 11.9. The number of rotatable bonds is 1. The van der Waals surface area contributed by atoms with Crippen molar-refractivity contribution in [2.75, 3.05) is 36.9 Å². The van der Waals surface area contributed by atoms with Gasteiger partial charge in [0, 0.05) is 36.2 Å². The Morgan fingerprint density at radius 2 is 1.94 bits per heavy atom. The van der Waals surface area contributed by atoms with Crippen LogP contribution in [0.5, 0.6) is 0 Å². The van der Waals surface area contributed by atoms with E-state index in [4.69, 9.17) is 10.5 Å². The number of hydrogen-bond donors (Lipinski definition) is 1. The summed E-state index contributed by atoms with van der Waals surface area (Å²) in [6, 6.07) is 6.14. The van der Waals surface area contributed by atoms with Crippen LogP contribution < -0.4 is 10.6 Å². The molecular weight excluding hydrogens is 280 g/mol. The molecule has 2 heterocycles. The summed E-state index contributed by atoms with van der Waals surface area (Å²) in [5, 5.41) is 0. The molecule has 1 spiro atoms. The van der Waals surface area contributed by atoms with Crippen LogP contribution in [-0.2, 0) is 4.74 Å². The summed E-state index contributed by atoms with van der Waals surface area (Å²) in [5.74, 6) is 0. The summed E-state index contributed by atoms with van der Waals surface area (Å²) in [6.45, 7) is 4.09. The molecule has 0 radical (unpaired) electrons. The Balaban J connectivity index is 1.72. The van der Waals surface area contributed by atoms with Gasteiger partial charge in [0.15, 0.2) is 0 Å². The van der Waals surface area contributed by atoms with Crippen LogP contribution in [0.25, 0.3) is 0 Å². The summed E-state index contributed by atoms with van der Waals surface area (Å²) < 4.78 is 6.47. The molecule has 2 saturated heterocycles. The molecule has 3 rings (SSSR count). The topological polar surface area (TPSA) is 38.5 Å². The third-order valence-electron chi connectivity index (χ3n) is 3.94. The molecule has 1 aromatic rings. The van der Waals surface area contributed by atoms with Crippen molar-refractivity contribution in [2.45, 2.75) is 12.8 Å². The minimum Gasteiger partial charge on any atom is -0.397 e. The van der Waals surface area contributed by atoms with Crippen molar-refractivity contribution in [3.8, 4) is 0 Å². The van der Waals surface area contributed by atoms with Crippen molar-refractivity contribution in [1.82, 2.24) is 0 Å². The molecule has 0 aromatic heterocycles. The van der Waals surface area contributed by atoms with Gasteiger partial charge in [-0.2, -0.15) is 0 Å². The lowest BCUT2D eigenvalue weighted by molar-refractivity contribution is -0.000143. The highest BCUT2D eigenvalue weighted by Crippen LogP contribution is 2.43. The molecule has 0 bridgehead atoms. The van der Waals surface area contributed by atoms with Crippen molar-refractivity contribution in [3.63, 3.8) is 0 Å². The Bertz CT molecular complexity index is 421. The quantitative estimate of drug-likeness (QED) is 0.810. The van der Waals surface area contributed by atoms with E-state index in [2.05, 4.69) is 33.0 Å². The van der Waals surface area contributed by atoms with E-state index < -0.39 is 0 Å². The molecule has 4 heteroatoms. The molecule has 0 unspecified atom stereocenters. The minimum absolute atomic E-state index is 0.498. The second kappa shape index (κ2) is 4.18. The van der Waals surface area contributed by atoms with Gasteiger partial charge in [-0.05, 0) is 31.0 Å². The number of hydrogen-bond acceptors (Lipinski definition) is 3. The second-order valence-electron chi connectivity index (χ2n) is 5.17. The molecule has 0 aliphatic carbocycles. The fourth-order valence-corrected chi connectivity index (χ4v) is 3.25. The summed E-state index contributed by atoms with van der Waals surface area (Å²) in [7, 11) is 0. The van der Waals surface area contributed by atoms with E-state index in [9.17, 15) is 0 Å². The summed E-state index contributed by atoms with van der Waals surface area (Å²) in [5.41, 5.74) is 8.59. The minimum atomic E-state index is 0.498. The average molecular weight is 297 g/mol. The Kier molecular flexibility index (Phi) is 2.79. The third kappa shape index (κ3) is 2.04. The van der Waals surface area contributed by atoms with Gasteiger partial charge in [-0.1, -0.05) is 15.9 Å². The molecule has 0 atom stereocenters. The first-order valence-corrected chi connectivity index (χ1v) is 6.86.